The van der Waals surface area contributed by atoms with Gasteiger partial charge < -0.3 is 26.0 Å². The summed E-state index contributed by atoms with van der Waals surface area (Å²) in [5, 5.41) is 13.0. The quantitative estimate of drug-likeness (QED) is 0.0587. The average molecular weight is 959 g/mol. The van der Waals surface area contributed by atoms with Gasteiger partial charge in [-0.1, -0.05) is 73.1 Å². The fourth-order valence-corrected chi connectivity index (χ4v) is 10.8. The summed E-state index contributed by atoms with van der Waals surface area (Å²) in [6.45, 7) is 4.55. The molecule has 5 aromatic rings. The van der Waals surface area contributed by atoms with E-state index in [2.05, 4.69) is 10.2 Å². The number of carbonyl (C=O) groups excluding carboxylic acids is 1. The number of hydrogen-bond donors (Lipinski definition) is 4. The van der Waals surface area contributed by atoms with Crippen LogP contribution in [0.1, 0.15) is 48.1 Å². The first-order valence-electron chi connectivity index (χ1n) is 20.8. The van der Waals surface area contributed by atoms with Gasteiger partial charge in [0, 0.05) is 65.2 Å². The number of amides is 1. The lowest BCUT2D eigenvalue weighted by Crippen LogP contribution is -2.37. The van der Waals surface area contributed by atoms with Gasteiger partial charge in [-0.3, -0.25) is 4.79 Å². The van der Waals surface area contributed by atoms with Crippen LogP contribution in [0.5, 0.6) is 0 Å². The summed E-state index contributed by atoms with van der Waals surface area (Å²) < 4.78 is 97.4. The third kappa shape index (κ3) is 12.2. The van der Waals surface area contributed by atoms with E-state index >= 15 is 0 Å². The number of sulfonamides is 1. The van der Waals surface area contributed by atoms with Crippen molar-refractivity contribution in [2.24, 2.45) is 11.7 Å². The van der Waals surface area contributed by atoms with Crippen LogP contribution < -0.4 is 20.7 Å². The maximum atomic E-state index is 14.1. The zero-order valence-electron chi connectivity index (χ0n) is 35.0. The van der Waals surface area contributed by atoms with Crippen LogP contribution in [-0.4, -0.2) is 89.4 Å². The molecule has 11 nitrogen and oxygen atoms in total. The van der Waals surface area contributed by atoms with E-state index in [-0.39, 0.29) is 24.1 Å². The smallest absolute Gasteiger partial charge is 0.395 e. The fourth-order valence-electron chi connectivity index (χ4n) is 7.69. The molecule has 0 saturated carbocycles. The van der Waals surface area contributed by atoms with Crippen molar-refractivity contribution in [2.45, 2.75) is 58.5 Å². The van der Waals surface area contributed by atoms with Crippen LogP contribution >= 0.6 is 23.4 Å². The Morgan fingerprint density at radius 1 is 0.906 bits per heavy atom. The van der Waals surface area contributed by atoms with E-state index in [0.717, 1.165) is 52.2 Å². The van der Waals surface area contributed by atoms with Crippen LogP contribution in [0.4, 0.5) is 24.5 Å². The molecule has 1 heterocycles. The molecule has 342 valence electrons. The Balaban J connectivity index is 1.14. The van der Waals surface area contributed by atoms with Crippen LogP contribution in [0.2, 0.25) is 5.02 Å². The number of nitrogens with zero attached hydrogens (tertiary/aromatic N) is 2. The van der Waals surface area contributed by atoms with E-state index in [1.165, 1.54) is 23.9 Å². The van der Waals surface area contributed by atoms with Crippen LogP contribution in [-0.2, 0) is 19.9 Å². The Morgan fingerprint density at radius 3 is 2.20 bits per heavy atom. The number of aliphatic hydroxyl groups excluding tert-OH is 1. The van der Waals surface area contributed by atoms with Crippen molar-refractivity contribution in [1.82, 2.24) is 9.62 Å². The number of hydrogen-bond acceptors (Lipinski definition) is 11. The molecule has 6 rings (SSSR count). The Bertz CT molecular complexity index is 2570. The second kappa shape index (κ2) is 21.6. The van der Waals surface area contributed by atoms with Crippen molar-refractivity contribution >= 4 is 60.5 Å². The molecule has 1 aliphatic rings. The lowest BCUT2D eigenvalue weighted by molar-refractivity contribution is -0.0435. The van der Waals surface area contributed by atoms with Gasteiger partial charge in [-0.2, -0.15) is 13.2 Å². The van der Waals surface area contributed by atoms with Gasteiger partial charge in [0.15, 0.2) is 0 Å². The number of nitrogens with one attached hydrogen (secondary N) is 2. The van der Waals surface area contributed by atoms with Crippen LogP contribution in [0.25, 0.3) is 11.1 Å². The molecule has 1 saturated heterocycles. The van der Waals surface area contributed by atoms with Crippen molar-refractivity contribution in [1.29, 1.82) is 0 Å². The third-order valence-electron chi connectivity index (χ3n) is 11.3. The molecule has 5 N–H and O–H groups in total. The first-order chi connectivity index (χ1) is 30.5. The Hall–Kier alpha value is -4.62. The highest BCUT2D eigenvalue weighted by molar-refractivity contribution is 7.99. The number of alkyl halides is 3. The number of nitrogens with two attached hydrogens (primary N) is 1. The molecule has 1 aliphatic heterocycles. The van der Waals surface area contributed by atoms with Gasteiger partial charge in [0.1, 0.15) is 4.90 Å². The van der Waals surface area contributed by atoms with Gasteiger partial charge in [0.2, 0.25) is 0 Å². The van der Waals surface area contributed by atoms with Gasteiger partial charge in [0.25, 0.3) is 25.8 Å². The van der Waals surface area contributed by atoms with Gasteiger partial charge >= 0.3 is 5.51 Å². The largest absolute Gasteiger partial charge is 0.501 e. The van der Waals surface area contributed by atoms with Crippen LogP contribution in [0, 0.1) is 5.92 Å². The number of piperidine rings is 1. The Morgan fingerprint density at radius 2 is 1.56 bits per heavy atom. The number of rotatable bonds is 19. The molecule has 1 amide bonds. The van der Waals surface area contributed by atoms with Crippen LogP contribution in [0.3, 0.4) is 0 Å². The fraction of sp³-hybridized carbons (Fsp3) is 0.326. The summed E-state index contributed by atoms with van der Waals surface area (Å²) >= 11 is 7.52. The van der Waals surface area contributed by atoms with E-state index in [1.54, 1.807) is 12.1 Å². The molecule has 18 heteroatoms. The number of anilines is 2. The van der Waals surface area contributed by atoms with Gasteiger partial charge in [0.05, 0.1) is 17.2 Å². The topological polar surface area (TPSA) is 162 Å². The minimum absolute atomic E-state index is 0.0365. The van der Waals surface area contributed by atoms with Crippen molar-refractivity contribution < 1.29 is 39.9 Å². The first-order valence-corrected chi connectivity index (χ1v) is 25.1. The minimum Gasteiger partial charge on any atom is -0.395 e. The normalized spacial score (nSPS) is 14.9. The standard InChI is InChI=1S/C46H51ClF3N5O6S3/c1-2-54(28-29-56)25-24-36(31-62-38-8-4-3-5-9-38)52-42-21-20-39(30-43(42)63(58,59)46(48,49)50)64(60,61)53-45(57)34-14-18-37(19-15-34)55-26-22-33(23-27-55)44(51)41-11-7-6-10-40(41)32-12-16-35(47)17-13-32/h3-21,30,33,36,44,52,56H,2,22-29,31,51H2,1H3,(H,53,57)/t36?,44-/m1/s1. The van der Waals surface area contributed by atoms with Gasteiger partial charge in [-0.05, 0) is 115 Å². The molecular formula is C46H51ClF3N5O6S3. The van der Waals surface area contributed by atoms with E-state index in [1.807, 2.05) is 95.4 Å². The van der Waals surface area contributed by atoms with E-state index < -0.39 is 52.8 Å². The van der Waals surface area contributed by atoms with E-state index in [4.69, 9.17) is 17.3 Å². The molecule has 0 radical (unpaired) electrons. The molecule has 2 atom stereocenters. The summed E-state index contributed by atoms with van der Waals surface area (Å²) in [5.74, 6) is -0.543. The van der Waals surface area contributed by atoms with Crippen molar-refractivity contribution in [3.05, 3.63) is 137 Å². The maximum Gasteiger partial charge on any atom is 0.501 e. The highest BCUT2D eigenvalue weighted by Crippen LogP contribution is 2.38. The summed E-state index contributed by atoms with van der Waals surface area (Å²) in [4.78, 5) is 16.1. The van der Waals surface area contributed by atoms with Gasteiger partial charge in [-0.15, -0.1) is 11.8 Å². The minimum atomic E-state index is -6.09. The van der Waals surface area contributed by atoms with Crippen LogP contribution in [0.15, 0.2) is 136 Å². The second-order valence-corrected chi connectivity index (χ2v) is 20.6. The predicted octanol–water partition coefficient (Wildman–Crippen LogP) is 8.61. The second-order valence-electron chi connectivity index (χ2n) is 15.4. The predicted molar refractivity (Wildman–Crippen MR) is 248 cm³/mol. The van der Waals surface area contributed by atoms with Gasteiger partial charge in [-0.25, -0.2) is 21.6 Å². The molecule has 1 unspecified atom stereocenters. The summed E-state index contributed by atoms with van der Waals surface area (Å²) in [7, 11) is -11.0. The molecule has 5 aromatic carbocycles. The molecule has 0 bridgehead atoms. The number of halogens is 4. The molecule has 1 fully saturated rings. The lowest BCUT2D eigenvalue weighted by atomic mass is 9.83. The number of thioether (sulfide) groups is 1. The van der Waals surface area contributed by atoms with E-state index in [9.17, 15) is 39.9 Å². The number of carbonyl (C=O) groups is 1. The van der Waals surface area contributed by atoms with Crippen molar-refractivity contribution in [2.75, 3.05) is 55.3 Å². The average Bonchev–Trinajstić information content (AvgIpc) is 3.29. The monoisotopic (exact) mass is 957 g/mol. The Labute approximate surface area is 382 Å². The molecule has 0 spiro atoms. The summed E-state index contributed by atoms with van der Waals surface area (Å²) in [5.41, 5.74) is 4.55. The Kier molecular flexibility index (Phi) is 16.5. The molecule has 0 aliphatic carbocycles. The van der Waals surface area contributed by atoms with Crippen molar-refractivity contribution in [3.8, 4) is 11.1 Å². The number of aliphatic hydroxyl groups is 1. The lowest BCUT2D eigenvalue weighted by Gasteiger charge is -2.36. The van der Waals surface area contributed by atoms with Crippen molar-refractivity contribution in [3.63, 3.8) is 0 Å². The number of likely N-dealkylation sites (N-methyl/N-ethyl adjacent to an activating group) is 1. The highest BCUT2D eigenvalue weighted by Gasteiger charge is 2.48. The number of sulfone groups is 1. The summed E-state index contributed by atoms with van der Waals surface area (Å²) in [6, 6.07) is 32.7. The maximum absolute atomic E-state index is 14.1. The summed E-state index contributed by atoms with van der Waals surface area (Å²) in [6.07, 6.45) is 1.94. The zero-order chi connectivity index (χ0) is 46.1. The molecule has 0 aromatic heterocycles. The molecule has 64 heavy (non-hydrogen) atoms. The third-order valence-corrected chi connectivity index (χ3v) is 15.6. The zero-order valence-corrected chi connectivity index (χ0v) is 38.3. The van der Waals surface area contributed by atoms with E-state index in [0.29, 0.717) is 56.0 Å². The first kappa shape index (κ1) is 48.8. The SMILES string of the molecule is CCN(CCO)CCC(CSc1ccccc1)Nc1ccc(S(=O)(=O)NC(=O)c2ccc(N3CCC([C@@H](N)c4ccccc4-c4ccc(Cl)cc4)CC3)cc2)cc1S(=O)(=O)C(F)(F)F. The highest BCUT2D eigenvalue weighted by atomic mass is 35.5. The molecular weight excluding hydrogens is 907 g/mol. The number of benzene rings is 5.